The molecule has 3 fully saturated rings. The molecule has 2 bridgehead atoms. The number of anilines is 2. The summed E-state index contributed by atoms with van der Waals surface area (Å²) in [6.45, 7) is 3.35. The lowest BCUT2D eigenvalue weighted by Gasteiger charge is -2.23. The van der Waals surface area contributed by atoms with E-state index in [2.05, 4.69) is 39.7 Å². The third-order valence-corrected chi connectivity index (χ3v) is 6.14. The number of rotatable bonds is 5. The van der Waals surface area contributed by atoms with Crippen molar-refractivity contribution in [3.8, 4) is 0 Å². The van der Waals surface area contributed by atoms with Crippen molar-refractivity contribution >= 4 is 11.5 Å². The van der Waals surface area contributed by atoms with Gasteiger partial charge in [-0.25, -0.2) is 4.98 Å². The maximum atomic E-state index is 4.52. The highest BCUT2D eigenvalue weighted by molar-refractivity contribution is 5.54. The number of pyridine rings is 1. The van der Waals surface area contributed by atoms with Crippen molar-refractivity contribution in [1.82, 2.24) is 10.3 Å². The van der Waals surface area contributed by atoms with Gasteiger partial charge >= 0.3 is 0 Å². The Labute approximate surface area is 133 Å². The molecule has 0 spiro atoms. The molecule has 3 aliphatic rings. The first-order chi connectivity index (χ1) is 10.8. The lowest BCUT2D eigenvalue weighted by molar-refractivity contribution is 0.348. The first kappa shape index (κ1) is 14.3. The van der Waals surface area contributed by atoms with Gasteiger partial charge in [-0.2, -0.15) is 0 Å². The molecular weight excluding hydrogens is 272 g/mol. The van der Waals surface area contributed by atoms with Gasteiger partial charge in [0, 0.05) is 43.6 Å². The van der Waals surface area contributed by atoms with Gasteiger partial charge in [0.05, 0.1) is 0 Å². The van der Waals surface area contributed by atoms with Crippen LogP contribution in [0.5, 0.6) is 0 Å². The van der Waals surface area contributed by atoms with Gasteiger partial charge in [-0.1, -0.05) is 6.42 Å². The zero-order chi connectivity index (χ0) is 14.9. The fourth-order valence-electron chi connectivity index (χ4n) is 4.81. The lowest BCUT2D eigenvalue weighted by Crippen LogP contribution is -2.29. The Morgan fingerprint density at radius 2 is 2.23 bits per heavy atom. The van der Waals surface area contributed by atoms with Crippen LogP contribution in [0, 0.1) is 17.8 Å². The average Bonchev–Trinajstić information content (AvgIpc) is 3.29. The molecule has 0 aromatic carbocycles. The highest BCUT2D eigenvalue weighted by atomic mass is 15.2. The molecule has 120 valence electrons. The second-order valence-electron chi connectivity index (χ2n) is 7.44. The van der Waals surface area contributed by atoms with E-state index in [1.165, 1.54) is 37.8 Å². The van der Waals surface area contributed by atoms with Crippen molar-refractivity contribution in [1.29, 1.82) is 0 Å². The third-order valence-electron chi connectivity index (χ3n) is 6.14. The quantitative estimate of drug-likeness (QED) is 0.877. The van der Waals surface area contributed by atoms with Crippen LogP contribution in [0.15, 0.2) is 18.3 Å². The number of hydrogen-bond acceptors (Lipinski definition) is 4. The Morgan fingerprint density at radius 1 is 1.27 bits per heavy atom. The van der Waals surface area contributed by atoms with Gasteiger partial charge in [0.2, 0.25) is 0 Å². The van der Waals surface area contributed by atoms with Gasteiger partial charge in [-0.3, -0.25) is 0 Å². The Balaban J connectivity index is 1.35. The van der Waals surface area contributed by atoms with E-state index in [4.69, 9.17) is 0 Å². The van der Waals surface area contributed by atoms with Crippen molar-refractivity contribution in [2.75, 3.05) is 36.9 Å². The molecule has 22 heavy (non-hydrogen) atoms. The maximum Gasteiger partial charge on any atom is 0.127 e. The number of nitrogens with zero attached hydrogens (tertiary/aromatic N) is 2. The summed E-state index contributed by atoms with van der Waals surface area (Å²) >= 11 is 0. The minimum atomic E-state index is 0.624. The molecular formula is C18H28N4. The minimum Gasteiger partial charge on any atom is -0.370 e. The smallest absolute Gasteiger partial charge is 0.127 e. The molecule has 4 atom stereocenters. The van der Waals surface area contributed by atoms with Crippen molar-refractivity contribution in [3.05, 3.63) is 18.3 Å². The summed E-state index contributed by atoms with van der Waals surface area (Å²) in [5.41, 5.74) is 1.31. The first-order valence-corrected chi connectivity index (χ1v) is 8.94. The zero-order valence-electron chi connectivity index (χ0n) is 13.6. The lowest BCUT2D eigenvalue weighted by atomic mass is 9.89. The molecule has 4 heteroatoms. The molecule has 1 aliphatic heterocycles. The monoisotopic (exact) mass is 300 g/mol. The van der Waals surface area contributed by atoms with Gasteiger partial charge in [-0.05, 0) is 56.6 Å². The Bertz CT molecular complexity index is 518. The van der Waals surface area contributed by atoms with E-state index in [-0.39, 0.29) is 0 Å². The molecule has 1 aromatic heterocycles. The van der Waals surface area contributed by atoms with E-state index in [0.29, 0.717) is 6.04 Å². The van der Waals surface area contributed by atoms with Crippen LogP contribution in [-0.2, 0) is 0 Å². The first-order valence-electron chi connectivity index (χ1n) is 8.94. The van der Waals surface area contributed by atoms with Crippen LogP contribution >= 0.6 is 0 Å². The van der Waals surface area contributed by atoms with Gasteiger partial charge in [0.15, 0.2) is 0 Å². The number of hydrogen-bond donors (Lipinski definition) is 2. The van der Waals surface area contributed by atoms with Gasteiger partial charge < -0.3 is 15.5 Å². The molecule has 1 saturated heterocycles. The summed E-state index contributed by atoms with van der Waals surface area (Å²) < 4.78 is 0. The third kappa shape index (κ3) is 2.81. The molecule has 4 rings (SSSR count). The maximum absolute atomic E-state index is 4.52. The van der Waals surface area contributed by atoms with E-state index in [1.54, 1.807) is 0 Å². The van der Waals surface area contributed by atoms with Crippen molar-refractivity contribution in [2.45, 2.75) is 38.1 Å². The topological polar surface area (TPSA) is 40.2 Å². The number of likely N-dealkylation sites (N-methyl/N-ethyl adjacent to an activating group) is 1. The summed E-state index contributed by atoms with van der Waals surface area (Å²) in [4.78, 5) is 6.98. The summed E-state index contributed by atoms with van der Waals surface area (Å²) in [6, 6.07) is 4.99. The SMILES string of the molecule is CN[C@@H]1CCN(c2ccnc(NCC3CC4CCC3C4)c2)C1. The van der Waals surface area contributed by atoms with Crippen molar-refractivity contribution < 1.29 is 0 Å². The predicted octanol–water partition coefficient (Wildman–Crippen LogP) is 2.73. The van der Waals surface area contributed by atoms with E-state index in [1.807, 2.05) is 6.20 Å². The van der Waals surface area contributed by atoms with E-state index in [9.17, 15) is 0 Å². The highest BCUT2D eigenvalue weighted by Crippen LogP contribution is 2.48. The summed E-state index contributed by atoms with van der Waals surface area (Å²) in [7, 11) is 2.06. The molecule has 2 N–H and O–H groups in total. The Morgan fingerprint density at radius 3 is 2.95 bits per heavy atom. The Kier molecular flexibility index (Phi) is 3.95. The Hall–Kier alpha value is -1.29. The van der Waals surface area contributed by atoms with Crippen LogP contribution in [0.2, 0.25) is 0 Å². The van der Waals surface area contributed by atoms with Crippen LogP contribution in [-0.4, -0.2) is 37.7 Å². The number of fused-ring (bicyclic) bond motifs is 2. The normalized spacial score (nSPS) is 33.6. The number of aromatic nitrogens is 1. The number of nitrogens with one attached hydrogen (secondary N) is 2. The average molecular weight is 300 g/mol. The van der Waals surface area contributed by atoms with E-state index < -0.39 is 0 Å². The molecule has 0 radical (unpaired) electrons. The van der Waals surface area contributed by atoms with E-state index in [0.717, 1.165) is 43.2 Å². The highest BCUT2D eigenvalue weighted by Gasteiger charge is 2.39. The van der Waals surface area contributed by atoms with Crippen LogP contribution < -0.4 is 15.5 Å². The zero-order valence-corrected chi connectivity index (χ0v) is 13.6. The molecule has 0 amide bonds. The van der Waals surface area contributed by atoms with Gasteiger partial charge in [-0.15, -0.1) is 0 Å². The van der Waals surface area contributed by atoms with Gasteiger partial charge in [0.25, 0.3) is 0 Å². The largest absolute Gasteiger partial charge is 0.370 e. The van der Waals surface area contributed by atoms with Crippen LogP contribution in [0.25, 0.3) is 0 Å². The van der Waals surface area contributed by atoms with Crippen LogP contribution in [0.1, 0.15) is 32.1 Å². The fourth-order valence-corrected chi connectivity index (χ4v) is 4.81. The molecule has 4 nitrogen and oxygen atoms in total. The molecule has 2 heterocycles. The predicted molar refractivity (Wildman–Crippen MR) is 91.3 cm³/mol. The van der Waals surface area contributed by atoms with Crippen LogP contribution in [0.3, 0.4) is 0 Å². The van der Waals surface area contributed by atoms with Gasteiger partial charge in [0.1, 0.15) is 5.82 Å². The second-order valence-corrected chi connectivity index (χ2v) is 7.44. The van der Waals surface area contributed by atoms with Crippen molar-refractivity contribution in [3.63, 3.8) is 0 Å². The summed E-state index contributed by atoms with van der Waals surface area (Å²) in [5.74, 6) is 3.94. The van der Waals surface area contributed by atoms with E-state index >= 15 is 0 Å². The van der Waals surface area contributed by atoms with Crippen molar-refractivity contribution in [2.24, 2.45) is 17.8 Å². The minimum absolute atomic E-state index is 0.624. The fraction of sp³-hybridized carbons (Fsp3) is 0.722. The molecule has 3 unspecified atom stereocenters. The standard InChI is InChI=1S/C18H28N4/c1-19-16-5-7-22(12-16)17-4-6-20-18(10-17)21-11-15-9-13-2-3-14(15)8-13/h4,6,10,13-16,19H,2-3,5,7-9,11-12H2,1H3,(H,20,21)/t13?,14?,15?,16-/m1/s1. The van der Waals surface area contributed by atoms with Crippen LogP contribution in [0.4, 0.5) is 11.5 Å². The molecule has 2 saturated carbocycles. The second kappa shape index (κ2) is 6.07. The summed E-state index contributed by atoms with van der Waals surface area (Å²) in [5, 5.41) is 6.99. The molecule has 1 aromatic rings. The molecule has 2 aliphatic carbocycles. The summed E-state index contributed by atoms with van der Waals surface area (Å²) in [6.07, 6.45) is 9.05.